The van der Waals surface area contributed by atoms with E-state index in [-0.39, 0.29) is 17.9 Å². The smallest absolute Gasteiger partial charge is 0.317 e. The number of hydrogen-bond donors (Lipinski definition) is 2. The highest BCUT2D eigenvalue weighted by atomic mass is 16.2. The van der Waals surface area contributed by atoms with Gasteiger partial charge in [0.25, 0.3) is 0 Å². The van der Waals surface area contributed by atoms with Gasteiger partial charge in [-0.1, -0.05) is 6.42 Å². The molecule has 1 saturated carbocycles. The molecule has 7 nitrogen and oxygen atoms in total. The lowest BCUT2D eigenvalue weighted by atomic mass is 9.80. The fraction of sp³-hybridized carbons (Fsp3) is 0.706. The third kappa shape index (κ3) is 2.46. The Morgan fingerprint density at radius 3 is 3.00 bits per heavy atom. The largest absolute Gasteiger partial charge is 0.369 e. The van der Waals surface area contributed by atoms with Crippen LogP contribution in [0.2, 0.25) is 0 Å². The number of carbonyl (C=O) groups is 2. The maximum Gasteiger partial charge on any atom is 0.317 e. The second-order valence-electron chi connectivity index (χ2n) is 7.45. The van der Waals surface area contributed by atoms with E-state index in [4.69, 9.17) is 5.73 Å². The van der Waals surface area contributed by atoms with Gasteiger partial charge in [0.15, 0.2) is 0 Å². The normalized spacial score (nSPS) is 28.5. The lowest BCUT2D eigenvalue weighted by molar-refractivity contribution is -0.128. The summed E-state index contributed by atoms with van der Waals surface area (Å²) in [7, 11) is 0. The molecule has 1 aliphatic carbocycles. The highest BCUT2D eigenvalue weighted by Gasteiger charge is 2.54. The number of aromatic nitrogens is 2. The van der Waals surface area contributed by atoms with Crippen molar-refractivity contribution in [2.75, 3.05) is 13.1 Å². The lowest BCUT2D eigenvalue weighted by Gasteiger charge is -2.24. The van der Waals surface area contributed by atoms with Crippen LogP contribution in [0.15, 0.2) is 6.20 Å². The summed E-state index contributed by atoms with van der Waals surface area (Å²) in [6.07, 6.45) is 8.27. The van der Waals surface area contributed by atoms with Crippen molar-refractivity contribution in [3.63, 3.8) is 0 Å². The third-order valence-electron chi connectivity index (χ3n) is 6.03. The third-order valence-corrected chi connectivity index (χ3v) is 6.03. The summed E-state index contributed by atoms with van der Waals surface area (Å²) in [6.45, 7) is 2.54. The molecule has 7 heteroatoms. The minimum Gasteiger partial charge on any atom is -0.369 e. The van der Waals surface area contributed by atoms with Gasteiger partial charge in [-0.05, 0) is 31.6 Å². The topological polar surface area (TPSA) is 93.3 Å². The number of nitrogens with zero attached hydrogens (tertiary/aromatic N) is 3. The van der Waals surface area contributed by atoms with Crippen LogP contribution < -0.4 is 11.1 Å². The van der Waals surface area contributed by atoms with Gasteiger partial charge in [0.2, 0.25) is 5.91 Å². The van der Waals surface area contributed by atoms with Crippen LogP contribution >= 0.6 is 0 Å². The summed E-state index contributed by atoms with van der Waals surface area (Å²) in [4.78, 5) is 30.8. The Kier molecular flexibility index (Phi) is 3.73. The van der Waals surface area contributed by atoms with Gasteiger partial charge in [0.1, 0.15) is 5.82 Å². The number of hydrogen-bond acceptors (Lipinski definition) is 3. The molecular formula is C17H25N5O2. The molecule has 0 radical (unpaired) electrons. The molecule has 2 aliphatic heterocycles. The highest BCUT2D eigenvalue weighted by molar-refractivity contribution is 5.84. The molecule has 0 aromatic carbocycles. The van der Waals surface area contributed by atoms with Crippen molar-refractivity contribution in [3.8, 4) is 0 Å². The zero-order chi connectivity index (χ0) is 16.7. The monoisotopic (exact) mass is 331 g/mol. The van der Waals surface area contributed by atoms with E-state index >= 15 is 0 Å². The van der Waals surface area contributed by atoms with Crippen LogP contribution in [0.5, 0.6) is 0 Å². The molecule has 3 N–H and O–H groups in total. The zero-order valence-corrected chi connectivity index (χ0v) is 14.0. The number of amides is 3. The summed E-state index contributed by atoms with van der Waals surface area (Å²) in [5.41, 5.74) is 6.06. The van der Waals surface area contributed by atoms with Crippen LogP contribution in [0.1, 0.15) is 43.6 Å². The number of urea groups is 1. The van der Waals surface area contributed by atoms with Gasteiger partial charge in [0, 0.05) is 32.3 Å². The van der Waals surface area contributed by atoms with Gasteiger partial charge in [-0.2, -0.15) is 0 Å². The molecule has 4 rings (SSSR count). The van der Waals surface area contributed by atoms with Crippen LogP contribution in [0.3, 0.4) is 0 Å². The lowest BCUT2D eigenvalue weighted by Crippen LogP contribution is -2.43. The van der Waals surface area contributed by atoms with E-state index in [1.807, 2.05) is 6.20 Å². The number of aryl methyl sites for hydroxylation is 2. The Hall–Kier alpha value is -2.05. The average molecular weight is 331 g/mol. The summed E-state index contributed by atoms with van der Waals surface area (Å²) in [5, 5.41) is 2.95. The van der Waals surface area contributed by atoms with Crippen molar-refractivity contribution in [2.45, 2.75) is 51.6 Å². The minimum absolute atomic E-state index is 0.115. The first-order valence-electron chi connectivity index (χ1n) is 8.96. The van der Waals surface area contributed by atoms with Crippen LogP contribution in [-0.4, -0.2) is 39.5 Å². The van der Waals surface area contributed by atoms with Crippen molar-refractivity contribution >= 4 is 11.9 Å². The summed E-state index contributed by atoms with van der Waals surface area (Å²) in [6, 6.07) is -0.115. The van der Waals surface area contributed by atoms with Crippen LogP contribution in [0.25, 0.3) is 0 Å². The number of imidazole rings is 1. The van der Waals surface area contributed by atoms with Crippen molar-refractivity contribution in [2.24, 2.45) is 17.1 Å². The summed E-state index contributed by atoms with van der Waals surface area (Å²) in [5.74, 6) is 1.09. The maximum atomic E-state index is 12.5. The molecular weight excluding hydrogens is 306 g/mol. The molecule has 130 valence electrons. The van der Waals surface area contributed by atoms with Crippen LogP contribution in [-0.2, 0) is 24.3 Å². The first-order valence-corrected chi connectivity index (χ1v) is 8.96. The molecule has 1 saturated heterocycles. The van der Waals surface area contributed by atoms with Gasteiger partial charge < -0.3 is 20.5 Å². The molecule has 0 unspecified atom stereocenters. The van der Waals surface area contributed by atoms with E-state index in [2.05, 4.69) is 14.9 Å². The molecule has 1 aromatic heterocycles. The van der Waals surface area contributed by atoms with Crippen molar-refractivity contribution < 1.29 is 9.59 Å². The van der Waals surface area contributed by atoms with E-state index in [1.165, 1.54) is 12.8 Å². The molecule has 1 aromatic rings. The van der Waals surface area contributed by atoms with E-state index in [0.29, 0.717) is 19.6 Å². The van der Waals surface area contributed by atoms with Gasteiger partial charge in [0.05, 0.1) is 17.7 Å². The number of fused-ring (bicyclic) bond motifs is 2. The molecule has 0 bridgehead atoms. The molecule has 2 atom stereocenters. The van der Waals surface area contributed by atoms with Crippen LogP contribution in [0.4, 0.5) is 4.79 Å². The van der Waals surface area contributed by atoms with Crippen molar-refractivity contribution in [1.82, 2.24) is 19.8 Å². The molecule has 3 amide bonds. The first-order chi connectivity index (χ1) is 11.6. The van der Waals surface area contributed by atoms with Gasteiger partial charge in [-0.3, -0.25) is 4.79 Å². The Morgan fingerprint density at radius 2 is 2.25 bits per heavy atom. The van der Waals surface area contributed by atoms with E-state index in [0.717, 1.165) is 43.7 Å². The average Bonchev–Trinajstić information content (AvgIpc) is 3.23. The number of rotatable bonds is 3. The predicted octanol–water partition coefficient (Wildman–Crippen LogP) is 1.02. The molecule has 2 fully saturated rings. The second kappa shape index (κ2) is 5.79. The van der Waals surface area contributed by atoms with Crippen LogP contribution in [0, 0.1) is 11.3 Å². The summed E-state index contributed by atoms with van der Waals surface area (Å²) >= 11 is 0. The Balaban J connectivity index is 1.37. The Morgan fingerprint density at radius 1 is 1.38 bits per heavy atom. The fourth-order valence-electron chi connectivity index (χ4n) is 4.68. The standard InChI is InChI=1S/C17H25N5O2/c18-15(23)17-6-3-4-12(17)9-22(11-17)16(24)19-8-13-10-21-7-2-1-5-14(21)20-13/h10,12H,1-9,11H2,(H2,18,23)(H,19,24)/t12-,17-/m0/s1. The first kappa shape index (κ1) is 15.5. The molecule has 3 heterocycles. The quantitative estimate of drug-likeness (QED) is 0.866. The van der Waals surface area contributed by atoms with Crippen molar-refractivity contribution in [1.29, 1.82) is 0 Å². The minimum atomic E-state index is -0.495. The molecule has 3 aliphatic rings. The fourth-order valence-corrected chi connectivity index (χ4v) is 4.68. The Labute approximate surface area is 141 Å². The summed E-state index contributed by atoms with van der Waals surface area (Å²) < 4.78 is 2.19. The van der Waals surface area contributed by atoms with E-state index in [1.54, 1.807) is 4.90 Å². The SMILES string of the molecule is NC(=O)[C@]12CCC[C@H]1CN(C(=O)NCc1cn3c(n1)CCCC3)C2. The number of primary amides is 1. The second-order valence-corrected chi connectivity index (χ2v) is 7.45. The van der Waals surface area contributed by atoms with E-state index < -0.39 is 5.41 Å². The Bertz CT molecular complexity index is 646. The number of nitrogens with two attached hydrogens (primary N) is 1. The highest BCUT2D eigenvalue weighted by Crippen LogP contribution is 2.48. The number of carbonyl (C=O) groups excluding carboxylic acids is 2. The van der Waals surface area contributed by atoms with Gasteiger partial charge in [-0.25, -0.2) is 9.78 Å². The molecule has 24 heavy (non-hydrogen) atoms. The van der Waals surface area contributed by atoms with Gasteiger partial charge >= 0.3 is 6.03 Å². The van der Waals surface area contributed by atoms with E-state index in [9.17, 15) is 9.59 Å². The zero-order valence-electron chi connectivity index (χ0n) is 14.0. The maximum absolute atomic E-state index is 12.5. The number of likely N-dealkylation sites (tertiary alicyclic amines) is 1. The van der Waals surface area contributed by atoms with Crippen molar-refractivity contribution in [3.05, 3.63) is 17.7 Å². The predicted molar refractivity (Wildman–Crippen MR) is 87.9 cm³/mol. The number of nitrogens with one attached hydrogen (secondary N) is 1. The molecule has 0 spiro atoms. The van der Waals surface area contributed by atoms with Gasteiger partial charge in [-0.15, -0.1) is 0 Å².